The molecule has 1 heterocycles. The molecule has 2 aromatic rings. The van der Waals surface area contributed by atoms with E-state index in [1.807, 2.05) is 18.2 Å². The molecule has 8 heteroatoms. The maximum Gasteiger partial charge on any atom is 0.142 e. The van der Waals surface area contributed by atoms with Crippen LogP contribution in [0, 0.1) is 0 Å². The molecule has 1 N–H and O–H groups in total. The second kappa shape index (κ2) is 12.2. The molecule has 3 rings (SSSR count). The van der Waals surface area contributed by atoms with E-state index < -0.39 is 6.10 Å². The van der Waals surface area contributed by atoms with E-state index in [4.69, 9.17) is 21.1 Å². The number of anilines is 1. The van der Waals surface area contributed by atoms with Crippen LogP contribution in [0.15, 0.2) is 48.5 Å². The smallest absolute Gasteiger partial charge is 0.142 e. The molecule has 1 saturated heterocycles. The average Bonchev–Trinajstić information content (AvgIpc) is 2.68. The van der Waals surface area contributed by atoms with Crippen LogP contribution in [0.2, 0.25) is 5.02 Å². The monoisotopic (exact) mass is 446 g/mol. The third-order valence-electron chi connectivity index (χ3n) is 4.52. The quantitative estimate of drug-likeness (QED) is 0.488. The molecule has 1 aliphatic rings. The number of benzene rings is 2. The fourth-order valence-electron chi connectivity index (χ4n) is 3.14. The van der Waals surface area contributed by atoms with Gasteiger partial charge in [-0.2, -0.15) is 0 Å². The van der Waals surface area contributed by atoms with Crippen LogP contribution in [0.25, 0.3) is 0 Å². The van der Waals surface area contributed by atoms with E-state index in [0.29, 0.717) is 11.6 Å². The first kappa shape index (κ1) is 24.7. The highest BCUT2D eigenvalue weighted by Crippen LogP contribution is 2.28. The predicted octanol–water partition coefficient (Wildman–Crippen LogP) is -3.08. The van der Waals surface area contributed by atoms with Crippen molar-refractivity contribution >= 4 is 17.3 Å². The molecule has 5 nitrogen and oxygen atoms in total. The SMILES string of the molecule is COc1ccccc1N1CCN(CC(O)COc2ccc(Cl)cc2)CC1.[Cl-].[Cl-]. The number of aliphatic hydroxyl groups is 1. The summed E-state index contributed by atoms with van der Waals surface area (Å²) in [5.74, 6) is 1.62. The molecular weight excluding hydrogens is 423 g/mol. The molecule has 1 atom stereocenters. The molecule has 0 spiro atoms. The first-order valence-corrected chi connectivity index (χ1v) is 9.20. The average molecular weight is 448 g/mol. The lowest BCUT2D eigenvalue weighted by molar-refractivity contribution is -0.001000. The molecule has 0 aliphatic carbocycles. The van der Waals surface area contributed by atoms with Crippen molar-refractivity contribution in [2.45, 2.75) is 6.10 Å². The minimum absolute atomic E-state index is 0. The number of halogens is 3. The van der Waals surface area contributed by atoms with E-state index in [1.54, 1.807) is 31.4 Å². The highest BCUT2D eigenvalue weighted by atomic mass is 35.5. The fraction of sp³-hybridized carbons (Fsp3) is 0.400. The summed E-state index contributed by atoms with van der Waals surface area (Å²) in [6, 6.07) is 15.3. The maximum atomic E-state index is 10.3. The molecule has 0 aromatic heterocycles. The van der Waals surface area contributed by atoms with Gasteiger partial charge in [0, 0.05) is 37.7 Å². The van der Waals surface area contributed by atoms with Crippen LogP contribution in [-0.4, -0.2) is 62.6 Å². The number of nitrogens with zero attached hydrogens (tertiary/aromatic N) is 2. The van der Waals surface area contributed by atoms with Crippen molar-refractivity contribution in [2.75, 3.05) is 51.3 Å². The van der Waals surface area contributed by atoms with Gasteiger partial charge >= 0.3 is 0 Å². The lowest BCUT2D eigenvalue weighted by Crippen LogP contribution is -3.00. The number of aliphatic hydroxyl groups excluding tert-OH is 1. The summed E-state index contributed by atoms with van der Waals surface area (Å²) < 4.78 is 11.1. The van der Waals surface area contributed by atoms with Gasteiger partial charge in [0.15, 0.2) is 0 Å². The highest BCUT2D eigenvalue weighted by molar-refractivity contribution is 6.30. The second-order valence-electron chi connectivity index (χ2n) is 6.38. The van der Waals surface area contributed by atoms with Crippen LogP contribution < -0.4 is 39.2 Å². The molecule has 1 fully saturated rings. The van der Waals surface area contributed by atoms with Crippen LogP contribution >= 0.6 is 11.6 Å². The number of hydrogen-bond acceptors (Lipinski definition) is 5. The number of β-amino-alcohol motifs (C(OH)–C–C–N with tert-alkyl or cyclic N) is 1. The van der Waals surface area contributed by atoms with Gasteiger partial charge in [0.1, 0.15) is 24.2 Å². The van der Waals surface area contributed by atoms with E-state index in [1.165, 1.54) is 0 Å². The number of para-hydroxylation sites is 2. The standard InChI is InChI=1S/C20H25ClN2O3.2ClH/c1-25-20-5-3-2-4-19(20)23-12-10-22(11-13-23)14-17(24)15-26-18-8-6-16(21)7-9-18;;/h2-9,17,24H,10-15H2,1H3;2*1H/p-2. The van der Waals surface area contributed by atoms with Crippen molar-refractivity contribution in [3.8, 4) is 11.5 Å². The van der Waals surface area contributed by atoms with E-state index >= 15 is 0 Å². The number of hydrogen-bond donors (Lipinski definition) is 1. The normalized spacial score (nSPS) is 15.2. The van der Waals surface area contributed by atoms with Crippen LogP contribution in [0.1, 0.15) is 0 Å². The van der Waals surface area contributed by atoms with Crippen molar-refractivity contribution < 1.29 is 39.4 Å². The molecule has 1 unspecified atom stereocenters. The van der Waals surface area contributed by atoms with Crippen LogP contribution in [-0.2, 0) is 0 Å². The second-order valence-corrected chi connectivity index (χ2v) is 6.81. The summed E-state index contributed by atoms with van der Waals surface area (Å²) in [6.45, 7) is 4.49. The molecule has 1 aliphatic heterocycles. The Kier molecular flexibility index (Phi) is 10.8. The van der Waals surface area contributed by atoms with Gasteiger partial charge in [-0.15, -0.1) is 0 Å². The van der Waals surface area contributed by atoms with Crippen LogP contribution in [0.4, 0.5) is 5.69 Å². The third kappa shape index (κ3) is 6.90. The van der Waals surface area contributed by atoms with Gasteiger partial charge in [-0.3, -0.25) is 4.90 Å². The third-order valence-corrected chi connectivity index (χ3v) is 4.78. The van der Waals surface area contributed by atoms with Gasteiger partial charge in [0.2, 0.25) is 0 Å². The van der Waals surface area contributed by atoms with Crippen molar-refractivity contribution in [3.05, 3.63) is 53.6 Å². The number of ether oxygens (including phenoxy) is 2. The Bertz CT molecular complexity index is 695. The zero-order valence-corrected chi connectivity index (χ0v) is 18.0. The molecule has 0 bridgehead atoms. The van der Waals surface area contributed by atoms with Gasteiger partial charge in [-0.1, -0.05) is 23.7 Å². The maximum absolute atomic E-state index is 10.3. The molecule has 28 heavy (non-hydrogen) atoms. The molecule has 0 saturated carbocycles. The largest absolute Gasteiger partial charge is 1.00 e. The molecule has 0 amide bonds. The molecule has 0 radical (unpaired) electrons. The highest BCUT2D eigenvalue weighted by Gasteiger charge is 2.21. The van der Waals surface area contributed by atoms with E-state index in [2.05, 4.69) is 15.9 Å². The van der Waals surface area contributed by atoms with Crippen molar-refractivity contribution in [1.82, 2.24) is 4.90 Å². The van der Waals surface area contributed by atoms with E-state index in [-0.39, 0.29) is 31.4 Å². The minimum atomic E-state index is -0.525. The van der Waals surface area contributed by atoms with Gasteiger partial charge < -0.3 is 44.3 Å². The van der Waals surface area contributed by atoms with Gasteiger partial charge in [0.25, 0.3) is 0 Å². The number of rotatable bonds is 7. The molecule has 156 valence electrons. The summed E-state index contributed by atoms with van der Waals surface area (Å²) in [5, 5.41) is 10.9. The van der Waals surface area contributed by atoms with E-state index in [9.17, 15) is 5.11 Å². The number of methoxy groups -OCH3 is 1. The Balaban J connectivity index is 0.00000196. The van der Waals surface area contributed by atoms with Crippen LogP contribution in [0.3, 0.4) is 0 Å². The van der Waals surface area contributed by atoms with Crippen molar-refractivity contribution in [2.24, 2.45) is 0 Å². The molecule has 2 aromatic carbocycles. The first-order valence-electron chi connectivity index (χ1n) is 8.82. The summed E-state index contributed by atoms with van der Waals surface area (Å²) in [7, 11) is 1.70. The van der Waals surface area contributed by atoms with Gasteiger partial charge in [-0.05, 0) is 36.4 Å². The topological polar surface area (TPSA) is 45.2 Å². The summed E-state index contributed by atoms with van der Waals surface area (Å²) >= 11 is 5.85. The summed E-state index contributed by atoms with van der Waals surface area (Å²) in [6.07, 6.45) is -0.525. The van der Waals surface area contributed by atoms with Crippen molar-refractivity contribution in [3.63, 3.8) is 0 Å². The predicted molar refractivity (Wildman–Crippen MR) is 105 cm³/mol. The van der Waals surface area contributed by atoms with Crippen molar-refractivity contribution in [1.29, 1.82) is 0 Å². The molecular formula is C20H25Cl3N2O3-2. The zero-order chi connectivity index (χ0) is 18.4. The van der Waals surface area contributed by atoms with E-state index in [0.717, 1.165) is 43.4 Å². The minimum Gasteiger partial charge on any atom is -1.00 e. The number of piperazine rings is 1. The van der Waals surface area contributed by atoms with Gasteiger partial charge in [0.05, 0.1) is 12.8 Å². The summed E-state index contributed by atoms with van der Waals surface area (Å²) in [5.41, 5.74) is 1.13. The Hall–Kier alpha value is -1.37. The Labute approximate surface area is 184 Å². The van der Waals surface area contributed by atoms with Crippen LogP contribution in [0.5, 0.6) is 11.5 Å². The van der Waals surface area contributed by atoms with Gasteiger partial charge in [-0.25, -0.2) is 0 Å². The lowest BCUT2D eigenvalue weighted by Gasteiger charge is -2.37. The fourth-order valence-corrected chi connectivity index (χ4v) is 3.26. The lowest BCUT2D eigenvalue weighted by atomic mass is 10.2. The zero-order valence-electron chi connectivity index (χ0n) is 15.7. The summed E-state index contributed by atoms with van der Waals surface area (Å²) in [4.78, 5) is 4.59. The Morgan fingerprint density at radius 2 is 1.64 bits per heavy atom. The Morgan fingerprint density at radius 3 is 2.29 bits per heavy atom. The first-order chi connectivity index (χ1) is 12.7. The Morgan fingerprint density at radius 1 is 1.00 bits per heavy atom.